The minimum Gasteiger partial charge on any atom is -0.497 e. The molecule has 0 atom stereocenters. The summed E-state index contributed by atoms with van der Waals surface area (Å²) in [4.78, 5) is 16.5. The molecule has 1 aliphatic rings. The fourth-order valence-electron chi connectivity index (χ4n) is 3.43. The summed E-state index contributed by atoms with van der Waals surface area (Å²) in [7, 11) is 1.70. The second kappa shape index (κ2) is 8.91. The lowest BCUT2D eigenvalue weighted by Crippen LogP contribution is -2.46. The summed E-state index contributed by atoms with van der Waals surface area (Å²) < 4.78 is 11.1. The van der Waals surface area contributed by atoms with Gasteiger partial charge in [0, 0.05) is 55.6 Å². The number of piperazine rings is 1. The first kappa shape index (κ1) is 19.2. The van der Waals surface area contributed by atoms with Crippen molar-refractivity contribution in [3.63, 3.8) is 0 Å². The van der Waals surface area contributed by atoms with Gasteiger partial charge in [0.05, 0.1) is 13.7 Å². The van der Waals surface area contributed by atoms with Crippen LogP contribution in [0.3, 0.4) is 0 Å². The van der Waals surface area contributed by atoms with Crippen molar-refractivity contribution < 1.29 is 14.3 Å². The number of anilines is 1. The van der Waals surface area contributed by atoms with Crippen LogP contribution in [0.4, 0.5) is 5.69 Å². The first-order valence-corrected chi connectivity index (χ1v) is 9.48. The van der Waals surface area contributed by atoms with Crippen molar-refractivity contribution in [3.8, 4) is 11.5 Å². The van der Waals surface area contributed by atoms with Crippen molar-refractivity contribution in [1.82, 2.24) is 4.90 Å². The average Bonchev–Trinajstić information content (AvgIpc) is 2.70. The fraction of sp³-hybridized carbons (Fsp3) is 0.409. The molecule has 1 saturated heterocycles. The molecule has 0 unspecified atom stereocenters. The van der Waals surface area contributed by atoms with E-state index in [0.717, 1.165) is 55.3 Å². The predicted molar refractivity (Wildman–Crippen MR) is 108 cm³/mol. The van der Waals surface area contributed by atoms with Crippen molar-refractivity contribution in [3.05, 3.63) is 53.6 Å². The molecule has 0 amide bonds. The smallest absolute Gasteiger partial charge is 0.159 e. The molecule has 0 radical (unpaired) electrons. The zero-order chi connectivity index (χ0) is 19.2. The second-order valence-corrected chi connectivity index (χ2v) is 6.78. The average molecular weight is 368 g/mol. The maximum atomic E-state index is 11.7. The molecular weight excluding hydrogens is 340 g/mol. The number of hydrogen-bond acceptors (Lipinski definition) is 5. The van der Waals surface area contributed by atoms with Gasteiger partial charge >= 0.3 is 0 Å². The van der Waals surface area contributed by atoms with Gasteiger partial charge in [0.25, 0.3) is 0 Å². The van der Waals surface area contributed by atoms with E-state index in [4.69, 9.17) is 9.47 Å². The van der Waals surface area contributed by atoms with Crippen LogP contribution in [0.2, 0.25) is 0 Å². The van der Waals surface area contributed by atoms with Gasteiger partial charge in [-0.2, -0.15) is 0 Å². The van der Waals surface area contributed by atoms with Gasteiger partial charge in [-0.25, -0.2) is 0 Å². The first-order valence-electron chi connectivity index (χ1n) is 9.48. The molecule has 2 aromatic carbocycles. The van der Waals surface area contributed by atoms with Gasteiger partial charge in [-0.1, -0.05) is 6.07 Å². The highest BCUT2D eigenvalue weighted by Gasteiger charge is 2.19. The van der Waals surface area contributed by atoms with Crippen LogP contribution in [-0.4, -0.2) is 50.6 Å². The van der Waals surface area contributed by atoms with Gasteiger partial charge in [0.2, 0.25) is 0 Å². The number of carbonyl (C=O) groups is 1. The van der Waals surface area contributed by atoms with Gasteiger partial charge in [0.1, 0.15) is 11.5 Å². The molecule has 0 aromatic heterocycles. The van der Waals surface area contributed by atoms with Crippen molar-refractivity contribution in [2.45, 2.75) is 20.4 Å². The van der Waals surface area contributed by atoms with Gasteiger partial charge in [0.15, 0.2) is 5.78 Å². The minimum atomic E-state index is 0.0853. The molecule has 1 fully saturated rings. The monoisotopic (exact) mass is 368 g/mol. The molecule has 3 rings (SSSR count). The van der Waals surface area contributed by atoms with Crippen LogP contribution in [0.1, 0.15) is 29.8 Å². The van der Waals surface area contributed by atoms with E-state index in [9.17, 15) is 4.79 Å². The predicted octanol–water partition coefficient (Wildman–Crippen LogP) is 3.62. The van der Waals surface area contributed by atoms with Crippen molar-refractivity contribution >= 4 is 11.5 Å². The fourth-order valence-corrected chi connectivity index (χ4v) is 3.43. The molecule has 0 bridgehead atoms. The number of Topliss-reactive ketones (excluding diaryl/α,β-unsaturated/α-hetero) is 1. The SMILES string of the molecule is CCOc1ccc(C(C)=O)cc1CN1CCN(c2cccc(OC)c2)CC1. The zero-order valence-corrected chi connectivity index (χ0v) is 16.4. The van der Waals surface area contributed by atoms with Crippen LogP contribution in [0.5, 0.6) is 11.5 Å². The van der Waals surface area contributed by atoms with Crippen LogP contribution in [0.25, 0.3) is 0 Å². The van der Waals surface area contributed by atoms with Crippen LogP contribution >= 0.6 is 0 Å². The van der Waals surface area contributed by atoms with Gasteiger partial charge in [-0.05, 0) is 44.2 Å². The molecule has 1 aliphatic heterocycles. The third-order valence-corrected chi connectivity index (χ3v) is 4.95. The quantitative estimate of drug-likeness (QED) is 0.698. The Hall–Kier alpha value is -2.53. The Labute approximate surface area is 161 Å². The molecule has 1 heterocycles. The van der Waals surface area contributed by atoms with Crippen molar-refractivity contribution in [2.24, 2.45) is 0 Å². The summed E-state index contributed by atoms with van der Waals surface area (Å²) in [5.41, 5.74) is 3.02. The standard InChI is InChI=1S/C22H28N2O3/c1-4-27-22-9-8-18(17(2)25)14-19(22)16-23-10-12-24(13-11-23)20-6-5-7-21(15-20)26-3/h5-9,14-15H,4,10-13,16H2,1-3H3. The molecule has 2 aromatic rings. The Bertz CT molecular complexity index is 783. The van der Waals surface area contributed by atoms with Gasteiger partial charge in [-0.3, -0.25) is 9.69 Å². The number of carbonyl (C=O) groups excluding carboxylic acids is 1. The van der Waals surface area contributed by atoms with E-state index >= 15 is 0 Å². The van der Waals surface area contributed by atoms with Crippen LogP contribution in [0, 0.1) is 0 Å². The Balaban J connectivity index is 1.66. The summed E-state index contributed by atoms with van der Waals surface area (Å²) in [6.45, 7) is 8.85. The Kier molecular flexibility index (Phi) is 6.35. The molecule has 5 heteroatoms. The highest BCUT2D eigenvalue weighted by molar-refractivity contribution is 5.94. The van der Waals surface area contributed by atoms with E-state index in [2.05, 4.69) is 21.9 Å². The van der Waals surface area contributed by atoms with Crippen molar-refractivity contribution in [2.75, 3.05) is 44.8 Å². The van der Waals surface area contributed by atoms with E-state index in [1.807, 2.05) is 37.3 Å². The third kappa shape index (κ3) is 4.80. The Morgan fingerprint density at radius 3 is 2.52 bits per heavy atom. The lowest BCUT2D eigenvalue weighted by molar-refractivity contribution is 0.101. The highest BCUT2D eigenvalue weighted by Crippen LogP contribution is 2.25. The summed E-state index contributed by atoms with van der Waals surface area (Å²) in [6, 6.07) is 13.9. The molecule has 27 heavy (non-hydrogen) atoms. The highest BCUT2D eigenvalue weighted by atomic mass is 16.5. The van der Waals surface area contributed by atoms with Crippen LogP contribution in [0.15, 0.2) is 42.5 Å². The Morgan fingerprint density at radius 2 is 1.85 bits per heavy atom. The number of nitrogens with zero attached hydrogens (tertiary/aromatic N) is 2. The normalized spacial score (nSPS) is 14.9. The van der Waals surface area contributed by atoms with Gasteiger partial charge in [-0.15, -0.1) is 0 Å². The number of hydrogen-bond donors (Lipinski definition) is 0. The summed E-state index contributed by atoms with van der Waals surface area (Å²) in [5, 5.41) is 0. The molecule has 5 nitrogen and oxygen atoms in total. The zero-order valence-electron chi connectivity index (χ0n) is 16.4. The number of rotatable bonds is 7. The lowest BCUT2D eigenvalue weighted by atomic mass is 10.1. The second-order valence-electron chi connectivity index (χ2n) is 6.78. The molecular formula is C22H28N2O3. The Morgan fingerprint density at radius 1 is 1.07 bits per heavy atom. The maximum Gasteiger partial charge on any atom is 0.159 e. The maximum absolute atomic E-state index is 11.7. The van der Waals surface area contributed by atoms with Gasteiger partial charge < -0.3 is 14.4 Å². The number of benzene rings is 2. The largest absolute Gasteiger partial charge is 0.497 e. The summed E-state index contributed by atoms with van der Waals surface area (Å²) in [6.07, 6.45) is 0. The number of ether oxygens (including phenoxy) is 2. The van der Waals surface area contributed by atoms with E-state index < -0.39 is 0 Å². The lowest BCUT2D eigenvalue weighted by Gasteiger charge is -2.36. The number of methoxy groups -OCH3 is 1. The third-order valence-electron chi connectivity index (χ3n) is 4.95. The van der Waals surface area contributed by atoms with E-state index in [1.165, 1.54) is 5.69 Å². The van der Waals surface area contributed by atoms with Crippen LogP contribution in [-0.2, 0) is 6.54 Å². The summed E-state index contributed by atoms with van der Waals surface area (Å²) >= 11 is 0. The van der Waals surface area contributed by atoms with Crippen molar-refractivity contribution in [1.29, 1.82) is 0 Å². The number of ketones is 1. The van der Waals surface area contributed by atoms with E-state index in [0.29, 0.717) is 6.61 Å². The molecule has 144 valence electrons. The van der Waals surface area contributed by atoms with E-state index in [-0.39, 0.29) is 5.78 Å². The molecule has 0 N–H and O–H groups in total. The first-order chi connectivity index (χ1) is 13.1. The van der Waals surface area contributed by atoms with Crippen LogP contribution < -0.4 is 14.4 Å². The van der Waals surface area contributed by atoms with E-state index in [1.54, 1.807) is 14.0 Å². The minimum absolute atomic E-state index is 0.0853. The topological polar surface area (TPSA) is 42.0 Å². The molecule has 0 spiro atoms. The molecule has 0 aliphatic carbocycles. The molecule has 0 saturated carbocycles. The summed E-state index contributed by atoms with van der Waals surface area (Å²) in [5.74, 6) is 1.84.